The van der Waals surface area contributed by atoms with Crippen LogP contribution in [0.25, 0.3) is 0 Å². The zero-order valence-corrected chi connectivity index (χ0v) is 12.0. The van der Waals surface area contributed by atoms with E-state index in [1.165, 1.54) is 6.08 Å². The van der Waals surface area contributed by atoms with E-state index in [-0.39, 0.29) is 18.2 Å². The summed E-state index contributed by atoms with van der Waals surface area (Å²) in [5, 5.41) is 16.0. The van der Waals surface area contributed by atoms with Gasteiger partial charge in [-0.2, -0.15) is 10.4 Å². The Kier molecular flexibility index (Phi) is 3.62. The van der Waals surface area contributed by atoms with E-state index in [9.17, 15) is 4.79 Å². The van der Waals surface area contributed by atoms with Gasteiger partial charge in [-0.1, -0.05) is 12.1 Å². The molecule has 0 spiro atoms. The lowest BCUT2D eigenvalue weighted by Crippen LogP contribution is -2.46. The van der Waals surface area contributed by atoms with E-state index in [0.717, 1.165) is 5.56 Å². The Morgan fingerprint density at radius 2 is 2.14 bits per heavy atom. The van der Waals surface area contributed by atoms with Gasteiger partial charge in [0, 0.05) is 24.7 Å². The van der Waals surface area contributed by atoms with E-state index in [1.807, 2.05) is 36.2 Å². The molecule has 1 aromatic heterocycles. The molecule has 1 aromatic carbocycles. The van der Waals surface area contributed by atoms with Crippen molar-refractivity contribution in [1.29, 1.82) is 5.26 Å². The molecule has 1 amide bonds. The SMILES string of the molecule is C[C@@H](c1ccc(C#N)cc1)N1C=CC(=O)NC1n1cccn1. The molecule has 6 heteroatoms. The molecule has 0 saturated carbocycles. The molecule has 22 heavy (non-hydrogen) atoms. The molecule has 1 unspecified atom stereocenters. The Labute approximate surface area is 128 Å². The summed E-state index contributed by atoms with van der Waals surface area (Å²) in [4.78, 5) is 13.7. The maximum atomic E-state index is 11.7. The van der Waals surface area contributed by atoms with Gasteiger partial charge < -0.3 is 10.2 Å². The molecular formula is C16H15N5O. The van der Waals surface area contributed by atoms with Gasteiger partial charge >= 0.3 is 0 Å². The fourth-order valence-corrected chi connectivity index (χ4v) is 2.46. The van der Waals surface area contributed by atoms with Crippen LogP contribution >= 0.6 is 0 Å². The van der Waals surface area contributed by atoms with Gasteiger partial charge in [-0.05, 0) is 30.7 Å². The molecule has 1 aliphatic rings. The number of carbonyl (C=O) groups excluding carboxylic acids is 1. The van der Waals surface area contributed by atoms with E-state index in [0.29, 0.717) is 5.56 Å². The number of carbonyl (C=O) groups is 1. The maximum absolute atomic E-state index is 11.7. The van der Waals surface area contributed by atoms with Crippen molar-refractivity contribution >= 4 is 5.91 Å². The predicted octanol–water partition coefficient (Wildman–Crippen LogP) is 1.92. The molecule has 1 aliphatic heterocycles. The lowest BCUT2D eigenvalue weighted by Gasteiger charge is -2.38. The normalized spacial score (nSPS) is 18.6. The van der Waals surface area contributed by atoms with Crippen LogP contribution in [0.3, 0.4) is 0 Å². The van der Waals surface area contributed by atoms with Crippen molar-refractivity contribution in [3.63, 3.8) is 0 Å². The average Bonchev–Trinajstić information content (AvgIpc) is 3.08. The van der Waals surface area contributed by atoms with Crippen molar-refractivity contribution in [3.8, 4) is 6.07 Å². The topological polar surface area (TPSA) is 74.0 Å². The van der Waals surface area contributed by atoms with Gasteiger partial charge in [0.15, 0.2) is 0 Å². The van der Waals surface area contributed by atoms with Crippen LogP contribution in [0.2, 0.25) is 0 Å². The highest BCUT2D eigenvalue weighted by atomic mass is 16.2. The summed E-state index contributed by atoms with van der Waals surface area (Å²) >= 11 is 0. The second-order valence-electron chi connectivity index (χ2n) is 5.04. The highest BCUT2D eigenvalue weighted by molar-refractivity contribution is 5.88. The minimum atomic E-state index is -0.377. The number of aromatic nitrogens is 2. The molecule has 0 bridgehead atoms. The first-order chi connectivity index (χ1) is 10.7. The Balaban J connectivity index is 1.91. The van der Waals surface area contributed by atoms with Gasteiger partial charge in [-0.3, -0.25) is 4.79 Å². The zero-order valence-electron chi connectivity index (χ0n) is 12.0. The van der Waals surface area contributed by atoms with Crippen LogP contribution in [0.15, 0.2) is 55.0 Å². The number of hydrogen-bond donors (Lipinski definition) is 1. The largest absolute Gasteiger partial charge is 0.332 e. The third-order valence-corrected chi connectivity index (χ3v) is 3.70. The van der Waals surface area contributed by atoms with E-state index in [4.69, 9.17) is 5.26 Å². The standard InChI is InChI=1S/C16H15N5O/c1-12(14-5-3-13(11-17)4-6-14)20-10-7-15(22)19-16(20)21-9-2-8-18-21/h2-10,12,16H,1H3,(H,19,22)/t12-,16?/m0/s1. The summed E-state index contributed by atoms with van der Waals surface area (Å²) in [5.74, 6) is -0.149. The average molecular weight is 293 g/mol. The second kappa shape index (κ2) is 5.74. The smallest absolute Gasteiger partial charge is 0.248 e. The molecule has 0 aliphatic carbocycles. The van der Waals surface area contributed by atoms with Crippen molar-refractivity contribution < 1.29 is 4.79 Å². The van der Waals surface area contributed by atoms with Crippen LogP contribution in [0, 0.1) is 11.3 Å². The molecule has 2 aromatic rings. The Bertz CT molecular complexity index is 727. The third-order valence-electron chi connectivity index (χ3n) is 3.70. The maximum Gasteiger partial charge on any atom is 0.248 e. The van der Waals surface area contributed by atoms with E-state index < -0.39 is 0 Å². The van der Waals surface area contributed by atoms with Gasteiger partial charge in [0.1, 0.15) is 0 Å². The van der Waals surface area contributed by atoms with Crippen molar-refractivity contribution in [3.05, 3.63) is 66.1 Å². The van der Waals surface area contributed by atoms with E-state index >= 15 is 0 Å². The van der Waals surface area contributed by atoms with Crippen LogP contribution in [-0.2, 0) is 4.79 Å². The highest BCUT2D eigenvalue weighted by Gasteiger charge is 2.27. The Morgan fingerprint density at radius 1 is 1.36 bits per heavy atom. The van der Waals surface area contributed by atoms with Crippen molar-refractivity contribution in [2.24, 2.45) is 0 Å². The number of amides is 1. The lowest BCUT2D eigenvalue weighted by atomic mass is 10.1. The molecule has 0 fully saturated rings. The Morgan fingerprint density at radius 3 is 2.77 bits per heavy atom. The van der Waals surface area contributed by atoms with Crippen molar-refractivity contribution in [2.75, 3.05) is 0 Å². The van der Waals surface area contributed by atoms with Crippen LogP contribution < -0.4 is 5.32 Å². The number of rotatable bonds is 3. The fraction of sp³-hybridized carbons (Fsp3) is 0.188. The number of nitrogens with zero attached hydrogens (tertiary/aromatic N) is 4. The first-order valence-corrected chi connectivity index (χ1v) is 6.94. The van der Waals surface area contributed by atoms with E-state index in [1.54, 1.807) is 29.2 Å². The minimum absolute atomic E-state index is 0.0128. The first kappa shape index (κ1) is 13.9. The summed E-state index contributed by atoms with van der Waals surface area (Å²) in [6.45, 7) is 2.04. The second-order valence-corrected chi connectivity index (χ2v) is 5.04. The Hall–Kier alpha value is -3.07. The lowest BCUT2D eigenvalue weighted by molar-refractivity contribution is -0.121. The van der Waals surface area contributed by atoms with Gasteiger partial charge in [0.05, 0.1) is 17.7 Å². The van der Waals surface area contributed by atoms with Crippen molar-refractivity contribution in [2.45, 2.75) is 19.3 Å². The first-order valence-electron chi connectivity index (χ1n) is 6.94. The van der Waals surface area contributed by atoms with Crippen LogP contribution in [0.5, 0.6) is 0 Å². The number of nitrogens with one attached hydrogen (secondary N) is 1. The molecule has 110 valence electrons. The van der Waals surface area contributed by atoms with Gasteiger partial charge in [0.2, 0.25) is 12.2 Å². The summed E-state index contributed by atoms with van der Waals surface area (Å²) in [6.07, 6.45) is 6.38. The summed E-state index contributed by atoms with van der Waals surface area (Å²) in [5.41, 5.74) is 1.68. The molecule has 3 rings (SSSR count). The molecule has 2 heterocycles. The quantitative estimate of drug-likeness (QED) is 0.938. The number of nitriles is 1. The van der Waals surface area contributed by atoms with Crippen LogP contribution in [0.1, 0.15) is 30.4 Å². The monoisotopic (exact) mass is 293 g/mol. The molecular weight excluding hydrogens is 278 g/mol. The van der Waals surface area contributed by atoms with E-state index in [2.05, 4.69) is 16.5 Å². The minimum Gasteiger partial charge on any atom is -0.332 e. The van der Waals surface area contributed by atoms with Crippen LogP contribution in [-0.4, -0.2) is 20.6 Å². The third kappa shape index (κ3) is 2.56. The zero-order chi connectivity index (χ0) is 15.5. The molecule has 0 saturated heterocycles. The predicted molar refractivity (Wildman–Crippen MR) is 80.0 cm³/mol. The molecule has 1 N–H and O–H groups in total. The molecule has 6 nitrogen and oxygen atoms in total. The molecule has 0 radical (unpaired) electrons. The summed E-state index contributed by atoms with van der Waals surface area (Å²) in [6, 6.07) is 11.4. The van der Waals surface area contributed by atoms with Crippen molar-refractivity contribution in [1.82, 2.24) is 20.0 Å². The summed E-state index contributed by atoms with van der Waals surface area (Å²) < 4.78 is 1.70. The fourth-order valence-electron chi connectivity index (χ4n) is 2.46. The van der Waals surface area contributed by atoms with Gasteiger partial charge in [-0.15, -0.1) is 0 Å². The van der Waals surface area contributed by atoms with Crippen LogP contribution in [0.4, 0.5) is 0 Å². The van der Waals surface area contributed by atoms with Gasteiger partial charge in [-0.25, -0.2) is 4.68 Å². The highest BCUT2D eigenvalue weighted by Crippen LogP contribution is 2.27. The summed E-state index contributed by atoms with van der Waals surface area (Å²) in [7, 11) is 0. The number of hydrogen-bond acceptors (Lipinski definition) is 4. The molecule has 2 atom stereocenters. The number of benzene rings is 1. The van der Waals surface area contributed by atoms with Gasteiger partial charge in [0.25, 0.3) is 0 Å².